The topological polar surface area (TPSA) is 71.5 Å². The first-order valence-corrected chi connectivity index (χ1v) is 6.57. The van der Waals surface area contributed by atoms with Gasteiger partial charge in [-0.2, -0.15) is 0 Å². The fourth-order valence-corrected chi connectivity index (χ4v) is 2.85. The van der Waals surface area contributed by atoms with Gasteiger partial charge in [-0.25, -0.2) is 9.59 Å². The Morgan fingerprint density at radius 2 is 2.61 bits per heavy atom. The van der Waals surface area contributed by atoms with E-state index in [1.54, 1.807) is 23.7 Å². The van der Waals surface area contributed by atoms with Crippen LogP contribution in [-0.4, -0.2) is 41.1 Å². The Hall–Kier alpha value is -1.63. The van der Waals surface area contributed by atoms with Crippen LogP contribution in [-0.2, 0) is 16.1 Å². The largest absolute Gasteiger partial charge is 0.464 e. The Bertz CT molecular complexity index is 490. The lowest BCUT2D eigenvalue weighted by Gasteiger charge is -2.20. The number of nitrogens with one attached hydrogen (secondary N) is 1. The summed E-state index contributed by atoms with van der Waals surface area (Å²) in [5.41, 5.74) is 0.990. The number of hydrogen-bond donors (Lipinski definition) is 1. The molecule has 2 heterocycles. The van der Waals surface area contributed by atoms with Crippen LogP contribution in [0.15, 0.2) is 11.7 Å². The number of nitrogens with zero attached hydrogens (tertiary/aromatic N) is 2. The molecule has 1 saturated heterocycles. The Morgan fingerprint density at radius 3 is 3.17 bits per heavy atom. The van der Waals surface area contributed by atoms with Crippen LogP contribution in [0.5, 0.6) is 0 Å². The lowest BCUT2D eigenvalue weighted by molar-refractivity contribution is -0.142. The van der Waals surface area contributed by atoms with Gasteiger partial charge in [0, 0.05) is 24.0 Å². The van der Waals surface area contributed by atoms with E-state index < -0.39 is 5.54 Å². The monoisotopic (exact) mass is 267 g/mol. The third-order valence-corrected chi connectivity index (χ3v) is 4.20. The summed E-state index contributed by atoms with van der Waals surface area (Å²) in [6.45, 7) is 0.921. The Morgan fingerprint density at radius 1 is 1.78 bits per heavy atom. The minimum absolute atomic E-state index is 0.158. The van der Waals surface area contributed by atoms with Gasteiger partial charge in [-0.05, 0) is 6.42 Å². The van der Waals surface area contributed by atoms with Crippen LogP contribution in [0.1, 0.15) is 11.3 Å². The van der Waals surface area contributed by atoms with Gasteiger partial charge >= 0.3 is 12.0 Å². The van der Waals surface area contributed by atoms with Gasteiger partial charge in [-0.1, -0.05) is 0 Å². The van der Waals surface area contributed by atoms with Crippen molar-refractivity contribution in [2.75, 3.05) is 13.7 Å². The molecule has 7 heteroatoms. The first-order valence-electron chi connectivity index (χ1n) is 5.70. The first kappa shape index (κ1) is 11.5. The summed E-state index contributed by atoms with van der Waals surface area (Å²) in [6, 6.07) is -0.246. The standard InChI is InChI=1S/C11H13N3O3S/c1-14(4-8-3-12-6-18-8)10(16)13-11-2-7(11)5-17-9(11)15/h3,6-7H,2,4-5H2,1H3,(H,13,16). The molecule has 18 heavy (non-hydrogen) atoms. The Kier molecular flexibility index (Phi) is 2.51. The van der Waals surface area contributed by atoms with Crippen molar-refractivity contribution >= 4 is 23.3 Å². The first-order chi connectivity index (χ1) is 8.62. The molecule has 0 spiro atoms. The van der Waals surface area contributed by atoms with E-state index in [-0.39, 0.29) is 17.9 Å². The molecule has 1 aromatic heterocycles. The molecule has 3 rings (SSSR count). The van der Waals surface area contributed by atoms with Crippen LogP contribution < -0.4 is 5.32 Å². The number of fused-ring (bicyclic) bond motifs is 1. The maximum Gasteiger partial charge on any atom is 0.332 e. The molecular formula is C11H13N3O3S. The Labute approximate surface area is 108 Å². The van der Waals surface area contributed by atoms with E-state index in [1.807, 2.05) is 0 Å². The molecule has 1 saturated carbocycles. The third kappa shape index (κ3) is 1.74. The van der Waals surface area contributed by atoms with Gasteiger partial charge in [0.1, 0.15) is 5.54 Å². The van der Waals surface area contributed by atoms with Crippen molar-refractivity contribution in [2.24, 2.45) is 5.92 Å². The number of amides is 2. The number of ether oxygens (including phenoxy) is 1. The number of thiazole rings is 1. The van der Waals surface area contributed by atoms with Gasteiger partial charge in [0.25, 0.3) is 0 Å². The number of hydrogen-bond acceptors (Lipinski definition) is 5. The molecule has 6 nitrogen and oxygen atoms in total. The van der Waals surface area contributed by atoms with E-state index in [0.717, 1.165) is 4.88 Å². The SMILES string of the molecule is CN(Cc1cncs1)C(=O)NC12CC1COC2=O. The third-order valence-electron chi connectivity index (χ3n) is 3.44. The van der Waals surface area contributed by atoms with Crippen LogP contribution in [0.4, 0.5) is 4.79 Å². The smallest absolute Gasteiger partial charge is 0.332 e. The number of carbonyl (C=O) groups excluding carboxylic acids is 2. The van der Waals surface area contributed by atoms with Crippen LogP contribution in [0.3, 0.4) is 0 Å². The molecule has 2 fully saturated rings. The van der Waals surface area contributed by atoms with Gasteiger partial charge in [0.15, 0.2) is 0 Å². The minimum Gasteiger partial charge on any atom is -0.464 e. The second-order valence-corrected chi connectivity index (χ2v) is 5.70. The van der Waals surface area contributed by atoms with Crippen LogP contribution >= 0.6 is 11.3 Å². The van der Waals surface area contributed by atoms with Crippen molar-refractivity contribution in [3.8, 4) is 0 Å². The van der Waals surface area contributed by atoms with Crippen molar-refractivity contribution in [3.63, 3.8) is 0 Å². The zero-order valence-electron chi connectivity index (χ0n) is 9.88. The normalized spacial score (nSPS) is 28.5. The zero-order chi connectivity index (χ0) is 12.8. The fourth-order valence-electron chi connectivity index (χ4n) is 2.20. The fraction of sp³-hybridized carbons (Fsp3) is 0.545. The van der Waals surface area contributed by atoms with Crippen LogP contribution in [0.25, 0.3) is 0 Å². The van der Waals surface area contributed by atoms with E-state index in [2.05, 4.69) is 10.3 Å². The highest BCUT2D eigenvalue weighted by Gasteiger charge is 2.67. The maximum absolute atomic E-state index is 12.0. The zero-order valence-corrected chi connectivity index (χ0v) is 10.7. The highest BCUT2D eigenvalue weighted by Crippen LogP contribution is 2.49. The average molecular weight is 267 g/mol. The molecular weight excluding hydrogens is 254 g/mol. The number of rotatable bonds is 3. The molecule has 2 unspecified atom stereocenters. The summed E-state index contributed by atoms with van der Waals surface area (Å²) in [6.07, 6.45) is 2.43. The molecule has 0 radical (unpaired) electrons. The minimum atomic E-state index is -0.737. The van der Waals surface area contributed by atoms with E-state index in [0.29, 0.717) is 19.6 Å². The lowest BCUT2D eigenvalue weighted by atomic mass is 10.2. The predicted octanol–water partition coefficient (Wildman–Crippen LogP) is 0.600. The molecule has 1 aromatic rings. The van der Waals surface area contributed by atoms with E-state index in [1.165, 1.54) is 11.3 Å². The predicted molar refractivity (Wildman–Crippen MR) is 63.9 cm³/mol. The highest BCUT2D eigenvalue weighted by molar-refractivity contribution is 7.09. The number of urea groups is 1. The summed E-state index contributed by atoms with van der Waals surface area (Å²) in [5.74, 6) is -0.141. The molecule has 1 aliphatic heterocycles. The summed E-state index contributed by atoms with van der Waals surface area (Å²) in [7, 11) is 1.70. The van der Waals surface area contributed by atoms with Gasteiger partial charge < -0.3 is 15.0 Å². The molecule has 1 aliphatic carbocycles. The second kappa shape index (κ2) is 3.94. The summed E-state index contributed by atoms with van der Waals surface area (Å²) >= 11 is 1.50. The number of esters is 1. The molecule has 0 aromatic carbocycles. The molecule has 0 bridgehead atoms. The summed E-state index contributed by atoms with van der Waals surface area (Å²) < 4.78 is 4.92. The molecule has 1 N–H and O–H groups in total. The molecule has 96 valence electrons. The van der Waals surface area contributed by atoms with Crippen molar-refractivity contribution in [3.05, 3.63) is 16.6 Å². The van der Waals surface area contributed by atoms with Crippen LogP contribution in [0.2, 0.25) is 0 Å². The lowest BCUT2D eigenvalue weighted by Crippen LogP contribution is -2.48. The molecule has 2 aliphatic rings. The van der Waals surface area contributed by atoms with Crippen molar-refractivity contribution in [2.45, 2.75) is 18.5 Å². The number of aromatic nitrogens is 1. The van der Waals surface area contributed by atoms with E-state index in [4.69, 9.17) is 4.74 Å². The van der Waals surface area contributed by atoms with Crippen molar-refractivity contribution < 1.29 is 14.3 Å². The van der Waals surface area contributed by atoms with Gasteiger partial charge in [-0.15, -0.1) is 11.3 Å². The number of cyclic esters (lactones) is 1. The number of carbonyl (C=O) groups is 2. The van der Waals surface area contributed by atoms with Crippen molar-refractivity contribution in [1.29, 1.82) is 0 Å². The van der Waals surface area contributed by atoms with E-state index in [9.17, 15) is 9.59 Å². The van der Waals surface area contributed by atoms with Gasteiger partial charge in [0.05, 0.1) is 18.7 Å². The highest BCUT2D eigenvalue weighted by atomic mass is 32.1. The second-order valence-electron chi connectivity index (χ2n) is 4.72. The Balaban J connectivity index is 1.60. The summed E-state index contributed by atoms with van der Waals surface area (Å²) in [5, 5.41) is 2.79. The molecule has 2 atom stereocenters. The van der Waals surface area contributed by atoms with Gasteiger partial charge in [0.2, 0.25) is 0 Å². The van der Waals surface area contributed by atoms with Crippen molar-refractivity contribution in [1.82, 2.24) is 15.2 Å². The summed E-state index contributed by atoms with van der Waals surface area (Å²) in [4.78, 5) is 30.1. The quantitative estimate of drug-likeness (QED) is 0.814. The molecule has 2 amide bonds. The van der Waals surface area contributed by atoms with Crippen LogP contribution in [0, 0.1) is 5.92 Å². The van der Waals surface area contributed by atoms with Gasteiger partial charge in [-0.3, -0.25) is 4.98 Å². The van der Waals surface area contributed by atoms with E-state index >= 15 is 0 Å². The maximum atomic E-state index is 12.0. The average Bonchev–Trinajstić information content (AvgIpc) is 2.69.